The zero-order valence-electron chi connectivity index (χ0n) is 12.4. The van der Waals surface area contributed by atoms with Gasteiger partial charge in [-0.1, -0.05) is 0 Å². The fourth-order valence-corrected chi connectivity index (χ4v) is 7.05. The molecule has 2 aliphatic heterocycles. The van der Waals surface area contributed by atoms with Gasteiger partial charge in [0.25, 0.3) is 0 Å². The maximum absolute atomic E-state index is 13.0. The molecule has 2 aliphatic rings. The fraction of sp³-hybridized carbons (Fsp3) is 0.714. The van der Waals surface area contributed by atoms with Gasteiger partial charge in [0.2, 0.25) is 10.0 Å². The van der Waals surface area contributed by atoms with Crippen molar-refractivity contribution in [1.29, 1.82) is 0 Å². The molecule has 1 aromatic heterocycles. The summed E-state index contributed by atoms with van der Waals surface area (Å²) in [6.45, 7) is 3.08. The molecule has 2 saturated heterocycles. The molecule has 2 bridgehead atoms. The molecule has 0 spiro atoms. The lowest BCUT2D eigenvalue weighted by Crippen LogP contribution is -2.39. The molecule has 0 radical (unpaired) electrons. The maximum atomic E-state index is 13.0. The van der Waals surface area contributed by atoms with Gasteiger partial charge in [-0.3, -0.25) is 4.90 Å². The molecule has 0 N–H and O–H groups in total. The highest BCUT2D eigenvalue weighted by Crippen LogP contribution is 2.34. The molecule has 2 fully saturated rings. The van der Waals surface area contributed by atoms with Crippen LogP contribution < -0.4 is 0 Å². The monoisotopic (exact) mass is 348 g/mol. The van der Waals surface area contributed by atoms with Gasteiger partial charge in [-0.05, 0) is 44.2 Å². The number of sulfonamides is 1. The Hall–Kier alpha value is -0.140. The quantitative estimate of drug-likeness (QED) is 0.788. The second kappa shape index (κ2) is 5.81. The minimum absolute atomic E-state index is 0.257. The highest BCUT2D eigenvalue weighted by molar-refractivity contribution is 7.89. The summed E-state index contributed by atoms with van der Waals surface area (Å²) in [5, 5.41) is 1.89. The minimum atomic E-state index is -3.43. The number of rotatable bonds is 3. The van der Waals surface area contributed by atoms with Crippen molar-refractivity contribution in [2.24, 2.45) is 0 Å². The Kier molecular flexibility index (Phi) is 4.36. The van der Waals surface area contributed by atoms with E-state index in [1.807, 2.05) is 12.3 Å². The zero-order chi connectivity index (χ0) is 15.2. The Morgan fingerprint density at radius 2 is 2.05 bits per heavy atom. The van der Waals surface area contributed by atoms with Crippen LogP contribution in [0, 0.1) is 6.92 Å². The molecule has 1 aromatic rings. The normalized spacial score (nSPS) is 28.0. The van der Waals surface area contributed by atoms with Gasteiger partial charge in [0.1, 0.15) is 4.90 Å². The van der Waals surface area contributed by atoms with Gasteiger partial charge in [0.15, 0.2) is 0 Å². The van der Waals surface area contributed by atoms with Gasteiger partial charge in [0, 0.05) is 30.1 Å². The van der Waals surface area contributed by atoms with E-state index in [0.717, 1.165) is 23.3 Å². The molecule has 2 atom stereocenters. The van der Waals surface area contributed by atoms with Crippen molar-refractivity contribution in [2.75, 3.05) is 20.1 Å². The van der Waals surface area contributed by atoms with Crippen LogP contribution in [0.1, 0.15) is 29.7 Å². The number of aryl methyl sites for hydroxylation is 1. The molecule has 0 saturated carbocycles. The van der Waals surface area contributed by atoms with Gasteiger partial charge in [-0.15, -0.1) is 22.9 Å². The van der Waals surface area contributed by atoms with E-state index in [4.69, 9.17) is 11.6 Å². The first-order valence-corrected chi connectivity index (χ1v) is 10.2. The highest BCUT2D eigenvalue weighted by Gasteiger charge is 2.39. The third-order valence-corrected chi connectivity index (χ3v) is 8.57. The Morgan fingerprint density at radius 1 is 1.33 bits per heavy atom. The van der Waals surface area contributed by atoms with Crippen LogP contribution in [-0.2, 0) is 15.9 Å². The number of fused-ring (bicyclic) bond motifs is 2. The van der Waals surface area contributed by atoms with Crippen molar-refractivity contribution in [1.82, 2.24) is 9.21 Å². The summed E-state index contributed by atoms with van der Waals surface area (Å²) in [4.78, 5) is 3.57. The van der Waals surface area contributed by atoms with E-state index in [-0.39, 0.29) is 5.88 Å². The predicted molar refractivity (Wildman–Crippen MR) is 86.6 cm³/mol. The molecule has 4 nitrogen and oxygen atoms in total. The lowest BCUT2D eigenvalue weighted by Gasteiger charge is -2.25. The van der Waals surface area contributed by atoms with Crippen molar-refractivity contribution < 1.29 is 8.42 Å². The van der Waals surface area contributed by atoms with Crippen molar-refractivity contribution >= 4 is 33.0 Å². The molecule has 0 aromatic carbocycles. The first-order valence-electron chi connectivity index (χ1n) is 7.30. The van der Waals surface area contributed by atoms with Gasteiger partial charge in [-0.2, -0.15) is 4.31 Å². The van der Waals surface area contributed by atoms with Gasteiger partial charge in [0.05, 0.1) is 5.88 Å². The van der Waals surface area contributed by atoms with Crippen LogP contribution in [0.5, 0.6) is 0 Å². The van der Waals surface area contributed by atoms with Gasteiger partial charge < -0.3 is 0 Å². The van der Waals surface area contributed by atoms with Crippen LogP contribution in [0.2, 0.25) is 0 Å². The second-order valence-electron chi connectivity index (χ2n) is 6.01. The SMILES string of the molecule is Cc1csc(CCl)c1S(=O)(=O)N1CCC2CCC(C1)N2C. The van der Waals surface area contributed by atoms with E-state index in [1.165, 1.54) is 17.8 Å². The maximum Gasteiger partial charge on any atom is 0.244 e. The topological polar surface area (TPSA) is 40.6 Å². The third-order valence-electron chi connectivity index (χ3n) is 4.82. The van der Waals surface area contributed by atoms with Crippen LogP contribution in [-0.4, -0.2) is 49.8 Å². The predicted octanol–water partition coefficient (Wildman–Crippen LogP) is 2.65. The Balaban J connectivity index is 1.93. The molecule has 3 heterocycles. The number of hydrogen-bond donors (Lipinski definition) is 0. The van der Waals surface area contributed by atoms with Crippen molar-refractivity contribution in [3.8, 4) is 0 Å². The molecule has 118 valence electrons. The number of halogens is 1. The first kappa shape index (κ1) is 15.7. The average molecular weight is 349 g/mol. The smallest absolute Gasteiger partial charge is 0.244 e. The van der Waals surface area contributed by atoms with E-state index in [1.54, 1.807) is 4.31 Å². The van der Waals surface area contributed by atoms with Crippen molar-refractivity contribution in [2.45, 2.75) is 49.0 Å². The van der Waals surface area contributed by atoms with Crippen LogP contribution in [0.4, 0.5) is 0 Å². The summed E-state index contributed by atoms with van der Waals surface area (Å²) in [6, 6.07) is 0.886. The number of nitrogens with zero attached hydrogens (tertiary/aromatic N) is 2. The lowest BCUT2D eigenvalue weighted by atomic mass is 10.1. The summed E-state index contributed by atoms with van der Waals surface area (Å²) in [6.07, 6.45) is 3.21. The molecule has 7 heteroatoms. The molecule has 3 rings (SSSR count). The molecule has 0 aliphatic carbocycles. The van der Waals surface area contributed by atoms with E-state index in [0.29, 0.717) is 30.1 Å². The van der Waals surface area contributed by atoms with Crippen molar-refractivity contribution in [3.63, 3.8) is 0 Å². The number of likely N-dealkylation sites (N-methyl/N-ethyl adjacent to an activating group) is 1. The Morgan fingerprint density at radius 3 is 2.76 bits per heavy atom. The number of thiophene rings is 1. The standard InChI is InChI=1S/C14H21ClN2O2S2/c1-10-9-20-13(7-15)14(10)21(18,19)17-6-5-11-3-4-12(8-17)16(11)2/h9,11-12H,3-8H2,1-2H3. The zero-order valence-corrected chi connectivity index (χ0v) is 14.8. The number of alkyl halides is 1. The Bertz CT molecular complexity index is 629. The highest BCUT2D eigenvalue weighted by atomic mass is 35.5. The van der Waals surface area contributed by atoms with Crippen LogP contribution >= 0.6 is 22.9 Å². The van der Waals surface area contributed by atoms with E-state index in [9.17, 15) is 8.42 Å². The van der Waals surface area contributed by atoms with Crippen LogP contribution in [0.15, 0.2) is 10.3 Å². The summed E-state index contributed by atoms with van der Waals surface area (Å²) in [7, 11) is -1.31. The fourth-order valence-electron chi connectivity index (χ4n) is 3.55. The average Bonchev–Trinajstić information content (AvgIpc) is 2.90. The Labute approximate surface area is 135 Å². The molecular weight excluding hydrogens is 328 g/mol. The second-order valence-corrected chi connectivity index (χ2v) is 9.11. The van der Waals surface area contributed by atoms with E-state index >= 15 is 0 Å². The molecule has 21 heavy (non-hydrogen) atoms. The molecular formula is C14H21ClN2O2S2. The summed E-state index contributed by atoms with van der Waals surface area (Å²) < 4.78 is 27.8. The summed E-state index contributed by atoms with van der Waals surface area (Å²) in [5.74, 6) is 0.257. The van der Waals surface area contributed by atoms with Gasteiger partial charge in [-0.25, -0.2) is 8.42 Å². The lowest BCUT2D eigenvalue weighted by molar-refractivity contribution is 0.246. The van der Waals surface area contributed by atoms with Crippen LogP contribution in [0.3, 0.4) is 0 Å². The summed E-state index contributed by atoms with van der Waals surface area (Å²) in [5.41, 5.74) is 0.818. The van der Waals surface area contributed by atoms with Crippen LogP contribution in [0.25, 0.3) is 0 Å². The molecule has 2 unspecified atom stereocenters. The first-order chi connectivity index (χ1) is 9.95. The molecule has 0 amide bonds. The third kappa shape index (κ3) is 2.65. The minimum Gasteiger partial charge on any atom is -0.299 e. The van der Waals surface area contributed by atoms with E-state index < -0.39 is 10.0 Å². The van der Waals surface area contributed by atoms with Crippen molar-refractivity contribution in [3.05, 3.63) is 15.8 Å². The largest absolute Gasteiger partial charge is 0.299 e. The van der Waals surface area contributed by atoms with Gasteiger partial charge >= 0.3 is 0 Å². The number of hydrogen-bond acceptors (Lipinski definition) is 4. The van der Waals surface area contributed by atoms with E-state index in [2.05, 4.69) is 11.9 Å². The summed E-state index contributed by atoms with van der Waals surface area (Å²) >= 11 is 7.37.